The molecule has 10 rings (SSSR count). The lowest BCUT2D eigenvalue weighted by molar-refractivity contribution is 1.02. The van der Waals surface area contributed by atoms with Gasteiger partial charge in [-0.3, -0.25) is 0 Å². The van der Waals surface area contributed by atoms with Crippen LogP contribution in [-0.4, -0.2) is 0 Å². The molecule has 10 aromatic carbocycles. The molecule has 0 radical (unpaired) electrons. The standard InChI is InChI=1S/C58H42/c1-2-40(41-20-7-3-8-21-41)28-19-33-47-48-29-15-17-31-50(48)58(51-32-18-16-30-49(47)51)46-35-37-53-55(39-46)57(44-26-13-6-14-27-44)52-36-34-45(42-22-9-4-10-23-42)38-54(52)56(53)43-24-11-5-12-25-43/h2-18,20-32,34-39H,1,19,33H2. The van der Waals surface area contributed by atoms with E-state index >= 15 is 0 Å². The van der Waals surface area contributed by atoms with Crippen LogP contribution in [-0.2, 0) is 6.42 Å². The van der Waals surface area contributed by atoms with E-state index in [1.54, 1.807) is 0 Å². The van der Waals surface area contributed by atoms with Crippen molar-refractivity contribution in [1.82, 2.24) is 0 Å². The van der Waals surface area contributed by atoms with Gasteiger partial charge in [-0.15, -0.1) is 0 Å². The summed E-state index contributed by atoms with van der Waals surface area (Å²) in [6, 6.07) is 75.5. The van der Waals surface area contributed by atoms with E-state index in [9.17, 15) is 0 Å². The summed E-state index contributed by atoms with van der Waals surface area (Å²) in [5.41, 5.74) is 13.7. The average Bonchev–Trinajstić information content (AvgIpc) is 3.30. The van der Waals surface area contributed by atoms with Gasteiger partial charge in [0.25, 0.3) is 0 Å². The van der Waals surface area contributed by atoms with Gasteiger partial charge in [-0.2, -0.15) is 0 Å². The monoisotopic (exact) mass is 738 g/mol. The zero-order chi connectivity index (χ0) is 38.8. The van der Waals surface area contributed by atoms with Crippen LogP contribution in [0.25, 0.3) is 93.2 Å². The number of hydrogen-bond donors (Lipinski definition) is 0. The van der Waals surface area contributed by atoms with Gasteiger partial charge in [-0.05, 0) is 129 Å². The summed E-state index contributed by atoms with van der Waals surface area (Å²) in [7, 11) is 0. The van der Waals surface area contributed by atoms with Crippen LogP contribution >= 0.6 is 0 Å². The van der Waals surface area contributed by atoms with Gasteiger partial charge in [0.2, 0.25) is 0 Å². The maximum absolute atomic E-state index is 4.14. The summed E-state index contributed by atoms with van der Waals surface area (Å²) < 4.78 is 0. The number of rotatable bonds is 9. The van der Waals surface area contributed by atoms with Crippen molar-refractivity contribution in [1.29, 1.82) is 0 Å². The van der Waals surface area contributed by atoms with E-state index in [-0.39, 0.29) is 0 Å². The van der Waals surface area contributed by atoms with Crippen molar-refractivity contribution in [2.45, 2.75) is 12.8 Å². The Bertz CT molecular complexity index is 3080. The Morgan fingerprint density at radius 2 is 0.741 bits per heavy atom. The molecule has 0 atom stereocenters. The predicted octanol–water partition coefficient (Wildman–Crippen LogP) is 16.2. The van der Waals surface area contributed by atoms with Gasteiger partial charge in [0.1, 0.15) is 0 Å². The van der Waals surface area contributed by atoms with Gasteiger partial charge in [-0.25, -0.2) is 0 Å². The molecular formula is C58H42. The molecule has 0 saturated carbocycles. The van der Waals surface area contributed by atoms with Gasteiger partial charge in [0, 0.05) is 0 Å². The highest BCUT2D eigenvalue weighted by Crippen LogP contribution is 2.47. The van der Waals surface area contributed by atoms with E-state index in [0.717, 1.165) is 12.8 Å². The van der Waals surface area contributed by atoms with Crippen LogP contribution in [0, 0.1) is 0 Å². The SMILES string of the molecule is C=CC(=CCCc1c2ccccc2c(-c2ccc3c(-c4ccccc4)c4cc(-c5ccccc5)ccc4c(-c4ccccc4)c3c2)c2ccccc12)c1ccccc1. The molecule has 10 aromatic rings. The third-order valence-electron chi connectivity index (χ3n) is 11.8. The van der Waals surface area contributed by atoms with E-state index in [4.69, 9.17) is 0 Å². The molecule has 0 fully saturated rings. The van der Waals surface area contributed by atoms with Crippen molar-refractivity contribution < 1.29 is 0 Å². The highest BCUT2D eigenvalue weighted by molar-refractivity contribution is 6.23. The van der Waals surface area contributed by atoms with Crippen LogP contribution in [0.3, 0.4) is 0 Å². The third-order valence-corrected chi connectivity index (χ3v) is 11.8. The summed E-state index contributed by atoms with van der Waals surface area (Å²) in [5.74, 6) is 0. The van der Waals surface area contributed by atoms with E-state index < -0.39 is 0 Å². The summed E-state index contributed by atoms with van der Waals surface area (Å²) in [4.78, 5) is 0. The van der Waals surface area contributed by atoms with Crippen LogP contribution in [0.1, 0.15) is 17.5 Å². The summed E-state index contributed by atoms with van der Waals surface area (Å²) >= 11 is 0. The third kappa shape index (κ3) is 6.30. The van der Waals surface area contributed by atoms with Crippen LogP contribution in [0.15, 0.2) is 225 Å². The number of hydrogen-bond acceptors (Lipinski definition) is 0. The molecular weight excluding hydrogens is 697 g/mol. The molecule has 0 N–H and O–H groups in total. The quantitative estimate of drug-likeness (QED) is 0.102. The van der Waals surface area contributed by atoms with Crippen molar-refractivity contribution in [2.75, 3.05) is 0 Å². The van der Waals surface area contributed by atoms with Crippen molar-refractivity contribution in [3.8, 4) is 44.5 Å². The number of benzene rings is 10. The fourth-order valence-electron chi connectivity index (χ4n) is 9.15. The number of aryl methyl sites for hydroxylation is 1. The molecule has 274 valence electrons. The molecule has 0 aliphatic rings. The Hall–Kier alpha value is -7.28. The maximum atomic E-state index is 4.14. The largest absolute Gasteiger partial charge is 0.0985 e. The molecule has 0 heterocycles. The van der Waals surface area contributed by atoms with Crippen molar-refractivity contribution in [3.05, 3.63) is 236 Å². The lowest BCUT2D eigenvalue weighted by atomic mass is 9.82. The molecule has 58 heavy (non-hydrogen) atoms. The van der Waals surface area contributed by atoms with Gasteiger partial charge in [0.05, 0.1) is 0 Å². The Balaban J connectivity index is 1.23. The van der Waals surface area contributed by atoms with E-state index in [1.165, 1.54) is 104 Å². The van der Waals surface area contributed by atoms with E-state index in [1.807, 2.05) is 6.08 Å². The fraction of sp³-hybridized carbons (Fsp3) is 0.0345. The molecule has 0 unspecified atom stereocenters. The minimum Gasteiger partial charge on any atom is -0.0985 e. The second-order valence-electron chi connectivity index (χ2n) is 15.1. The van der Waals surface area contributed by atoms with Crippen LogP contribution < -0.4 is 0 Å². The molecule has 0 saturated heterocycles. The molecule has 0 bridgehead atoms. The van der Waals surface area contributed by atoms with Gasteiger partial charge < -0.3 is 0 Å². The number of fused-ring (bicyclic) bond motifs is 4. The number of allylic oxidation sites excluding steroid dienone is 3. The first-order valence-electron chi connectivity index (χ1n) is 20.3. The Morgan fingerprint density at radius 3 is 1.26 bits per heavy atom. The lowest BCUT2D eigenvalue weighted by Gasteiger charge is -2.21. The smallest absolute Gasteiger partial charge is 0.00261 e. The normalized spacial score (nSPS) is 11.8. The molecule has 0 heteroatoms. The minimum atomic E-state index is 0.918. The molecule has 0 amide bonds. The van der Waals surface area contributed by atoms with Crippen molar-refractivity contribution >= 4 is 48.7 Å². The summed E-state index contributed by atoms with van der Waals surface area (Å²) in [5, 5.41) is 10.2. The average molecular weight is 739 g/mol. The first-order valence-corrected chi connectivity index (χ1v) is 20.3. The van der Waals surface area contributed by atoms with Crippen molar-refractivity contribution in [2.24, 2.45) is 0 Å². The first-order chi connectivity index (χ1) is 28.8. The molecule has 0 nitrogen and oxygen atoms in total. The lowest BCUT2D eigenvalue weighted by Crippen LogP contribution is -1.95. The molecule has 0 spiro atoms. The van der Waals surface area contributed by atoms with E-state index in [0.29, 0.717) is 0 Å². The second-order valence-corrected chi connectivity index (χ2v) is 15.1. The fourth-order valence-corrected chi connectivity index (χ4v) is 9.15. The molecule has 0 aliphatic heterocycles. The summed E-state index contributed by atoms with van der Waals surface area (Å²) in [6.07, 6.45) is 6.17. The topological polar surface area (TPSA) is 0 Å². The Kier molecular flexibility index (Phi) is 9.30. The molecule has 0 aromatic heterocycles. The maximum Gasteiger partial charge on any atom is -0.00261 e. The Morgan fingerprint density at radius 1 is 0.345 bits per heavy atom. The van der Waals surface area contributed by atoms with Crippen LogP contribution in [0.5, 0.6) is 0 Å². The van der Waals surface area contributed by atoms with Crippen molar-refractivity contribution in [3.63, 3.8) is 0 Å². The highest BCUT2D eigenvalue weighted by Gasteiger charge is 2.20. The minimum absolute atomic E-state index is 0.918. The zero-order valence-electron chi connectivity index (χ0n) is 32.4. The highest BCUT2D eigenvalue weighted by atomic mass is 14.2. The van der Waals surface area contributed by atoms with Crippen LogP contribution in [0.2, 0.25) is 0 Å². The van der Waals surface area contributed by atoms with E-state index in [2.05, 4.69) is 219 Å². The second kappa shape index (κ2) is 15.3. The van der Waals surface area contributed by atoms with Crippen LogP contribution in [0.4, 0.5) is 0 Å². The first kappa shape index (κ1) is 35.2. The predicted molar refractivity (Wildman–Crippen MR) is 251 cm³/mol. The summed E-state index contributed by atoms with van der Waals surface area (Å²) in [6.45, 7) is 4.14. The molecule has 0 aliphatic carbocycles. The van der Waals surface area contributed by atoms with Gasteiger partial charge >= 0.3 is 0 Å². The van der Waals surface area contributed by atoms with Gasteiger partial charge in [-0.1, -0.05) is 213 Å². The zero-order valence-corrected chi connectivity index (χ0v) is 32.4. The van der Waals surface area contributed by atoms with Gasteiger partial charge in [0.15, 0.2) is 0 Å². The Labute approximate surface area is 340 Å².